The average Bonchev–Trinajstić information content (AvgIpc) is 2.93. The molecule has 38 heavy (non-hydrogen) atoms. The van der Waals surface area contributed by atoms with Gasteiger partial charge in [0.2, 0.25) is 10.0 Å². The van der Waals surface area contributed by atoms with Crippen molar-refractivity contribution in [3.63, 3.8) is 0 Å². The molecule has 0 saturated heterocycles. The SMILES string of the molecule is CCOc1ccc(C(=O)Nc2cc(C(=O)OC)cc(C(=O)OC)c2)cc1CN(C)S(=O)(=O)c1ccccc1. The van der Waals surface area contributed by atoms with Gasteiger partial charge < -0.3 is 19.5 Å². The zero-order valence-corrected chi connectivity index (χ0v) is 22.2. The van der Waals surface area contributed by atoms with Gasteiger partial charge in [-0.05, 0) is 55.5 Å². The number of esters is 2. The van der Waals surface area contributed by atoms with Crippen LogP contribution in [0.4, 0.5) is 5.69 Å². The molecule has 0 unspecified atom stereocenters. The average molecular weight is 541 g/mol. The molecule has 10 nitrogen and oxygen atoms in total. The highest BCUT2D eigenvalue weighted by Crippen LogP contribution is 2.26. The fourth-order valence-corrected chi connectivity index (χ4v) is 4.78. The first-order valence-corrected chi connectivity index (χ1v) is 12.9. The molecule has 3 aromatic rings. The molecule has 0 aliphatic carbocycles. The number of carbonyl (C=O) groups is 3. The van der Waals surface area contributed by atoms with Gasteiger partial charge in [-0.1, -0.05) is 18.2 Å². The van der Waals surface area contributed by atoms with E-state index in [-0.39, 0.29) is 33.8 Å². The maximum absolute atomic E-state index is 13.1. The molecule has 3 aromatic carbocycles. The summed E-state index contributed by atoms with van der Waals surface area (Å²) in [6.45, 7) is 2.07. The Kier molecular flexibility index (Phi) is 9.21. The lowest BCUT2D eigenvalue weighted by molar-refractivity contribution is 0.0598. The highest BCUT2D eigenvalue weighted by atomic mass is 32.2. The van der Waals surface area contributed by atoms with E-state index < -0.39 is 27.9 Å². The zero-order valence-electron chi connectivity index (χ0n) is 21.4. The standard InChI is InChI=1S/C27H28N2O8S/c1-5-37-24-12-11-18(13-21(24)17-29(2)38(33,34)23-9-7-6-8-10-23)25(30)28-22-15-19(26(31)35-3)14-20(16-22)27(32)36-4/h6-16H,5,17H2,1-4H3,(H,28,30). The van der Waals surface area contributed by atoms with E-state index in [1.807, 2.05) is 0 Å². The highest BCUT2D eigenvalue weighted by molar-refractivity contribution is 7.89. The topological polar surface area (TPSA) is 128 Å². The van der Waals surface area contributed by atoms with Gasteiger partial charge in [-0.3, -0.25) is 4.79 Å². The lowest BCUT2D eigenvalue weighted by Crippen LogP contribution is -2.27. The fraction of sp³-hybridized carbons (Fsp3) is 0.222. The molecule has 3 rings (SSSR count). The van der Waals surface area contributed by atoms with Crippen molar-refractivity contribution in [2.45, 2.75) is 18.4 Å². The molecule has 0 bridgehead atoms. The van der Waals surface area contributed by atoms with E-state index in [9.17, 15) is 22.8 Å². The predicted octanol–water partition coefficient (Wildman–Crippen LogP) is 3.73. The number of carbonyl (C=O) groups excluding carboxylic acids is 3. The van der Waals surface area contributed by atoms with Gasteiger partial charge in [0.05, 0.1) is 36.8 Å². The van der Waals surface area contributed by atoms with Gasteiger partial charge in [0.25, 0.3) is 5.91 Å². The molecule has 0 atom stereocenters. The lowest BCUT2D eigenvalue weighted by atomic mass is 10.1. The van der Waals surface area contributed by atoms with Crippen LogP contribution in [0.2, 0.25) is 0 Å². The second kappa shape index (κ2) is 12.3. The van der Waals surface area contributed by atoms with Crippen molar-refractivity contribution in [3.05, 3.63) is 89.0 Å². The largest absolute Gasteiger partial charge is 0.494 e. The van der Waals surface area contributed by atoms with Crippen LogP contribution >= 0.6 is 0 Å². The normalized spacial score (nSPS) is 11.1. The third-order valence-electron chi connectivity index (χ3n) is 5.50. The number of nitrogens with one attached hydrogen (secondary N) is 1. The summed E-state index contributed by atoms with van der Waals surface area (Å²) in [6.07, 6.45) is 0. The molecule has 0 heterocycles. The summed E-state index contributed by atoms with van der Waals surface area (Å²) < 4.78 is 42.3. The van der Waals surface area contributed by atoms with Crippen LogP contribution in [0.25, 0.3) is 0 Å². The van der Waals surface area contributed by atoms with Crippen LogP contribution in [0.5, 0.6) is 5.75 Å². The summed E-state index contributed by atoms with van der Waals surface area (Å²) >= 11 is 0. The Morgan fingerprint density at radius 3 is 2.00 bits per heavy atom. The van der Waals surface area contributed by atoms with Gasteiger partial charge in [0.1, 0.15) is 5.75 Å². The third kappa shape index (κ3) is 6.55. The number of rotatable bonds is 10. The van der Waals surface area contributed by atoms with Crippen molar-refractivity contribution in [2.24, 2.45) is 0 Å². The van der Waals surface area contributed by atoms with Gasteiger partial charge in [-0.2, -0.15) is 4.31 Å². The van der Waals surface area contributed by atoms with E-state index in [1.54, 1.807) is 31.2 Å². The minimum absolute atomic E-state index is 0.0471. The van der Waals surface area contributed by atoms with Crippen LogP contribution < -0.4 is 10.1 Å². The van der Waals surface area contributed by atoms with Gasteiger partial charge in [-0.25, -0.2) is 18.0 Å². The molecule has 0 aliphatic heterocycles. The molecule has 0 spiro atoms. The Bertz CT molecular complexity index is 1400. The van der Waals surface area contributed by atoms with Crippen molar-refractivity contribution in [2.75, 3.05) is 33.2 Å². The van der Waals surface area contributed by atoms with Gasteiger partial charge in [-0.15, -0.1) is 0 Å². The number of hydrogen-bond acceptors (Lipinski definition) is 8. The second-order valence-corrected chi connectivity index (χ2v) is 10.1. The van der Waals surface area contributed by atoms with Crippen LogP contribution in [0, 0.1) is 0 Å². The van der Waals surface area contributed by atoms with E-state index >= 15 is 0 Å². The summed E-state index contributed by atoms with van der Waals surface area (Å²) in [5.74, 6) is -1.52. The Morgan fingerprint density at radius 2 is 1.45 bits per heavy atom. The summed E-state index contributed by atoms with van der Waals surface area (Å²) in [7, 11) is 0.0427. The van der Waals surface area contributed by atoms with E-state index in [1.165, 1.54) is 68.0 Å². The number of hydrogen-bond donors (Lipinski definition) is 1. The Morgan fingerprint density at radius 1 is 0.842 bits per heavy atom. The monoisotopic (exact) mass is 540 g/mol. The van der Waals surface area contributed by atoms with Crippen LogP contribution in [-0.2, 0) is 26.0 Å². The molecule has 0 fully saturated rings. The number of benzene rings is 3. The molecule has 1 amide bonds. The third-order valence-corrected chi connectivity index (χ3v) is 7.32. The molecule has 0 aromatic heterocycles. The molecule has 0 aliphatic rings. The summed E-state index contributed by atoms with van der Waals surface area (Å²) in [6, 6.07) is 16.7. The molecule has 1 N–H and O–H groups in total. The van der Waals surface area contributed by atoms with E-state index in [4.69, 9.17) is 14.2 Å². The van der Waals surface area contributed by atoms with Gasteiger partial charge >= 0.3 is 11.9 Å². The maximum atomic E-state index is 13.1. The van der Waals surface area contributed by atoms with Crippen molar-refractivity contribution in [1.29, 1.82) is 0 Å². The Labute approximate surface area is 221 Å². The van der Waals surface area contributed by atoms with Crippen LogP contribution in [0.1, 0.15) is 43.6 Å². The number of nitrogens with zero attached hydrogens (tertiary/aromatic N) is 1. The predicted molar refractivity (Wildman–Crippen MR) is 140 cm³/mol. The highest BCUT2D eigenvalue weighted by Gasteiger charge is 2.23. The number of methoxy groups -OCH3 is 2. The molecule has 200 valence electrons. The van der Waals surface area contributed by atoms with Crippen LogP contribution in [-0.4, -0.2) is 58.4 Å². The molecule has 0 saturated carbocycles. The quantitative estimate of drug-likeness (QED) is 0.385. The van der Waals surface area contributed by atoms with Crippen molar-refractivity contribution in [1.82, 2.24) is 4.31 Å². The first kappa shape index (κ1) is 28.4. The minimum atomic E-state index is -3.79. The number of sulfonamides is 1. The van der Waals surface area contributed by atoms with Gasteiger partial charge in [0.15, 0.2) is 0 Å². The van der Waals surface area contributed by atoms with Gasteiger partial charge in [0, 0.05) is 30.4 Å². The smallest absolute Gasteiger partial charge is 0.337 e. The first-order chi connectivity index (χ1) is 18.1. The van der Waals surface area contributed by atoms with E-state index in [0.29, 0.717) is 17.9 Å². The number of ether oxygens (including phenoxy) is 3. The second-order valence-electron chi connectivity index (χ2n) is 8.07. The molecular formula is C27H28N2O8S. The Balaban J connectivity index is 1.92. The summed E-state index contributed by atoms with van der Waals surface area (Å²) in [5.41, 5.74) is 0.936. The molecular weight excluding hydrogens is 512 g/mol. The van der Waals surface area contributed by atoms with Crippen molar-refractivity contribution in [3.8, 4) is 5.75 Å². The summed E-state index contributed by atoms with van der Waals surface area (Å²) in [5, 5.41) is 2.66. The number of anilines is 1. The van der Waals surface area contributed by atoms with E-state index in [2.05, 4.69) is 5.32 Å². The maximum Gasteiger partial charge on any atom is 0.337 e. The summed E-state index contributed by atoms with van der Waals surface area (Å²) in [4.78, 5) is 37.4. The van der Waals surface area contributed by atoms with Crippen LogP contribution in [0.15, 0.2) is 71.6 Å². The molecule has 0 radical (unpaired) electrons. The number of amides is 1. The first-order valence-electron chi connectivity index (χ1n) is 11.5. The minimum Gasteiger partial charge on any atom is -0.494 e. The zero-order chi connectivity index (χ0) is 27.9. The van der Waals surface area contributed by atoms with Crippen LogP contribution in [0.3, 0.4) is 0 Å². The van der Waals surface area contributed by atoms with E-state index in [0.717, 1.165) is 0 Å². The lowest BCUT2D eigenvalue weighted by Gasteiger charge is -2.20. The fourth-order valence-electron chi connectivity index (χ4n) is 3.61. The van der Waals surface area contributed by atoms with Crippen molar-refractivity contribution < 1.29 is 37.0 Å². The van der Waals surface area contributed by atoms with Crippen molar-refractivity contribution >= 4 is 33.6 Å². The molecule has 11 heteroatoms. The Hall–Kier alpha value is -4.22.